The molecule has 0 atom stereocenters. The van der Waals surface area contributed by atoms with Crippen molar-refractivity contribution in [2.75, 3.05) is 17.7 Å². The first kappa shape index (κ1) is 12.6. The quantitative estimate of drug-likeness (QED) is 0.644. The zero-order valence-corrected chi connectivity index (χ0v) is 10.3. The molecule has 1 amide bonds. The minimum Gasteiger partial charge on any atom is -0.465 e. The highest BCUT2D eigenvalue weighted by Gasteiger charge is 2.12. The predicted octanol–water partition coefficient (Wildman–Crippen LogP) is 3.47. The third kappa shape index (κ3) is 3.31. The molecule has 0 heterocycles. The van der Waals surface area contributed by atoms with E-state index < -0.39 is 6.09 Å². The van der Waals surface area contributed by atoms with Crippen LogP contribution in [-0.4, -0.2) is 24.0 Å². The molecule has 0 aliphatic rings. The second kappa shape index (κ2) is 5.61. The van der Waals surface area contributed by atoms with Crippen LogP contribution in [0.5, 0.6) is 0 Å². The Kier molecular flexibility index (Phi) is 4.43. The molecule has 1 N–H and O–H groups in total. The highest BCUT2D eigenvalue weighted by atomic mass is 32.2. The fourth-order valence-corrected chi connectivity index (χ4v) is 2.09. The van der Waals surface area contributed by atoms with E-state index in [1.807, 2.05) is 25.1 Å². The van der Waals surface area contributed by atoms with Gasteiger partial charge in [0.05, 0.1) is 5.69 Å². The molecule has 86 valence electrons. The van der Waals surface area contributed by atoms with Crippen molar-refractivity contribution in [3.63, 3.8) is 0 Å². The zero-order chi connectivity index (χ0) is 12.1. The first-order chi connectivity index (χ1) is 7.52. The summed E-state index contributed by atoms with van der Waals surface area (Å²) in [4.78, 5) is 13.1. The molecule has 1 aromatic rings. The van der Waals surface area contributed by atoms with Gasteiger partial charge in [0.15, 0.2) is 0 Å². The second-order valence-electron chi connectivity index (χ2n) is 3.56. The average molecular weight is 237 g/mol. The number of anilines is 1. The van der Waals surface area contributed by atoms with Gasteiger partial charge in [-0.2, -0.15) is 0 Å². The van der Waals surface area contributed by atoms with Crippen LogP contribution in [0, 0.1) is 0 Å². The summed E-state index contributed by atoms with van der Waals surface area (Å²) in [5, 5.41) is 8.94. The van der Waals surface area contributed by atoms with Crippen molar-refractivity contribution >= 4 is 23.5 Å². The standard InChI is InChI=1S/C12H15NO2S/c1-9(2)8-16-11-7-5-4-6-10(11)13(3)12(14)15/h4-7H,1,8H2,2-3H3,(H,14,15). The molecule has 0 aliphatic heterocycles. The molecular weight excluding hydrogens is 222 g/mol. The predicted molar refractivity (Wildman–Crippen MR) is 68.4 cm³/mol. The van der Waals surface area contributed by atoms with Crippen LogP contribution < -0.4 is 4.90 Å². The van der Waals surface area contributed by atoms with E-state index in [0.29, 0.717) is 5.69 Å². The monoisotopic (exact) mass is 237 g/mol. The Balaban J connectivity index is 2.91. The van der Waals surface area contributed by atoms with Crippen molar-refractivity contribution in [3.8, 4) is 0 Å². The van der Waals surface area contributed by atoms with Gasteiger partial charge in [-0.1, -0.05) is 24.3 Å². The highest BCUT2D eigenvalue weighted by Crippen LogP contribution is 2.30. The van der Waals surface area contributed by atoms with E-state index in [2.05, 4.69) is 6.58 Å². The fourth-order valence-electron chi connectivity index (χ4n) is 1.16. The van der Waals surface area contributed by atoms with Crippen molar-refractivity contribution in [1.82, 2.24) is 0 Å². The molecule has 0 fully saturated rings. The van der Waals surface area contributed by atoms with Gasteiger partial charge in [0.2, 0.25) is 0 Å². The summed E-state index contributed by atoms with van der Waals surface area (Å²) in [6.07, 6.45) is -0.955. The number of carboxylic acid groups (broad SMARTS) is 1. The molecule has 3 nitrogen and oxygen atoms in total. The Labute approximate surface area is 99.8 Å². The lowest BCUT2D eigenvalue weighted by Crippen LogP contribution is -2.24. The van der Waals surface area contributed by atoms with E-state index in [-0.39, 0.29) is 0 Å². The molecule has 16 heavy (non-hydrogen) atoms. The van der Waals surface area contributed by atoms with Crippen molar-refractivity contribution < 1.29 is 9.90 Å². The second-order valence-corrected chi connectivity index (χ2v) is 4.57. The van der Waals surface area contributed by atoms with Gasteiger partial charge in [-0.15, -0.1) is 11.8 Å². The number of thioether (sulfide) groups is 1. The molecule has 0 radical (unpaired) electrons. The topological polar surface area (TPSA) is 40.5 Å². The minimum absolute atomic E-state index is 0.709. The number of hydrogen-bond acceptors (Lipinski definition) is 2. The molecule has 0 aromatic heterocycles. The molecule has 0 unspecified atom stereocenters. The van der Waals surface area contributed by atoms with E-state index in [4.69, 9.17) is 5.11 Å². The maximum atomic E-state index is 10.9. The smallest absolute Gasteiger partial charge is 0.411 e. The molecule has 1 rings (SSSR count). The molecule has 4 heteroatoms. The number of hydrogen-bond donors (Lipinski definition) is 1. The van der Waals surface area contributed by atoms with E-state index in [1.165, 1.54) is 4.90 Å². The summed E-state index contributed by atoms with van der Waals surface area (Å²) in [5.41, 5.74) is 1.78. The van der Waals surface area contributed by atoms with E-state index in [9.17, 15) is 4.79 Å². The lowest BCUT2D eigenvalue weighted by molar-refractivity contribution is 0.203. The maximum absolute atomic E-state index is 10.9. The largest absolute Gasteiger partial charge is 0.465 e. The highest BCUT2D eigenvalue weighted by molar-refractivity contribution is 7.99. The Morgan fingerprint density at radius 1 is 1.50 bits per heavy atom. The van der Waals surface area contributed by atoms with Gasteiger partial charge >= 0.3 is 6.09 Å². The fraction of sp³-hybridized carbons (Fsp3) is 0.250. The molecule has 0 saturated carbocycles. The first-order valence-electron chi connectivity index (χ1n) is 4.85. The van der Waals surface area contributed by atoms with Gasteiger partial charge < -0.3 is 5.11 Å². The Morgan fingerprint density at radius 2 is 2.12 bits per heavy atom. The minimum atomic E-state index is -0.955. The van der Waals surface area contributed by atoms with Crippen molar-refractivity contribution in [2.45, 2.75) is 11.8 Å². The lowest BCUT2D eigenvalue weighted by Gasteiger charge is -2.16. The maximum Gasteiger partial charge on any atom is 0.411 e. The van der Waals surface area contributed by atoms with Crippen LogP contribution in [-0.2, 0) is 0 Å². The lowest BCUT2D eigenvalue weighted by atomic mass is 10.3. The van der Waals surface area contributed by atoms with Gasteiger partial charge in [0.1, 0.15) is 0 Å². The molecular formula is C12H15NO2S. The van der Waals surface area contributed by atoms with Crippen molar-refractivity contribution in [2.24, 2.45) is 0 Å². The number of amides is 1. The van der Waals surface area contributed by atoms with Crippen LogP contribution in [0.25, 0.3) is 0 Å². The summed E-state index contributed by atoms with van der Waals surface area (Å²) >= 11 is 1.60. The van der Waals surface area contributed by atoms with E-state index in [0.717, 1.165) is 16.2 Å². The molecule has 0 bridgehead atoms. The van der Waals surface area contributed by atoms with Crippen LogP contribution >= 0.6 is 11.8 Å². The Hall–Kier alpha value is -1.42. The number of para-hydroxylation sites is 1. The number of rotatable bonds is 4. The van der Waals surface area contributed by atoms with Crippen LogP contribution in [0.1, 0.15) is 6.92 Å². The summed E-state index contributed by atoms with van der Waals surface area (Å²) < 4.78 is 0. The van der Waals surface area contributed by atoms with Gasteiger partial charge in [-0.05, 0) is 19.1 Å². The SMILES string of the molecule is C=C(C)CSc1ccccc1N(C)C(=O)O. The number of carbonyl (C=O) groups is 1. The molecule has 0 saturated heterocycles. The summed E-state index contributed by atoms with van der Waals surface area (Å²) in [7, 11) is 1.54. The molecule has 1 aromatic carbocycles. The van der Waals surface area contributed by atoms with Gasteiger partial charge in [0, 0.05) is 17.7 Å². The molecule has 0 spiro atoms. The summed E-state index contributed by atoms with van der Waals surface area (Å²) in [5.74, 6) is 0.796. The Morgan fingerprint density at radius 3 is 2.69 bits per heavy atom. The van der Waals surface area contributed by atoms with Crippen molar-refractivity contribution in [3.05, 3.63) is 36.4 Å². The Bertz CT molecular complexity index is 404. The normalized spacial score (nSPS) is 9.88. The van der Waals surface area contributed by atoms with E-state index >= 15 is 0 Å². The first-order valence-corrected chi connectivity index (χ1v) is 5.84. The van der Waals surface area contributed by atoms with Gasteiger partial charge in [-0.3, -0.25) is 4.90 Å². The van der Waals surface area contributed by atoms with Crippen LogP contribution in [0.3, 0.4) is 0 Å². The molecule has 0 aliphatic carbocycles. The number of nitrogens with zero attached hydrogens (tertiary/aromatic N) is 1. The average Bonchev–Trinajstić information content (AvgIpc) is 2.25. The van der Waals surface area contributed by atoms with Crippen LogP contribution in [0.4, 0.5) is 10.5 Å². The zero-order valence-electron chi connectivity index (χ0n) is 9.43. The van der Waals surface area contributed by atoms with Crippen LogP contribution in [0.2, 0.25) is 0 Å². The number of benzene rings is 1. The van der Waals surface area contributed by atoms with E-state index in [1.54, 1.807) is 24.9 Å². The summed E-state index contributed by atoms with van der Waals surface area (Å²) in [6.45, 7) is 5.78. The summed E-state index contributed by atoms with van der Waals surface area (Å²) in [6, 6.07) is 7.46. The van der Waals surface area contributed by atoms with Gasteiger partial charge in [0.25, 0.3) is 0 Å². The third-order valence-electron chi connectivity index (χ3n) is 1.99. The van der Waals surface area contributed by atoms with Crippen molar-refractivity contribution in [1.29, 1.82) is 0 Å². The third-order valence-corrected chi connectivity index (χ3v) is 3.28. The van der Waals surface area contributed by atoms with Gasteiger partial charge in [-0.25, -0.2) is 4.79 Å². The van der Waals surface area contributed by atoms with Crippen LogP contribution in [0.15, 0.2) is 41.3 Å².